The van der Waals surface area contributed by atoms with E-state index in [4.69, 9.17) is 0 Å². The fourth-order valence-corrected chi connectivity index (χ4v) is 0.798. The molecule has 1 heterocycles. The molecule has 0 aromatic carbocycles. The Morgan fingerprint density at radius 1 is 1.56 bits per heavy atom. The molecule has 9 heavy (non-hydrogen) atoms. The molecule has 0 aliphatic rings. The van der Waals surface area contributed by atoms with Crippen molar-refractivity contribution >= 4 is 32.9 Å². The van der Waals surface area contributed by atoms with Crippen molar-refractivity contribution in [2.24, 2.45) is 0 Å². The highest BCUT2D eigenvalue weighted by molar-refractivity contribution is 9.09. The number of hydrogen-bond acceptors (Lipinski definition) is 2. The summed E-state index contributed by atoms with van der Waals surface area (Å²) < 4.78 is 1.77. The fraction of sp³-hybridized carbons (Fsp3) is 0.500. The number of aryl methyl sites for hydroxylation is 1. The molecule has 1 rings (SSSR count). The Kier molecular flexibility index (Phi) is 4.99. The molecule has 0 spiro atoms. The minimum absolute atomic E-state index is 0. The summed E-state index contributed by atoms with van der Waals surface area (Å²) in [6.45, 7) is 0.889. The molecule has 0 aliphatic heterocycles. The van der Waals surface area contributed by atoms with E-state index >= 15 is 0 Å². The van der Waals surface area contributed by atoms with Gasteiger partial charge in [-0.1, -0.05) is 15.9 Å². The lowest BCUT2D eigenvalue weighted by Crippen LogP contribution is -1.97. The molecule has 1 aromatic heterocycles. The molecule has 5 heteroatoms. The number of nitrogens with zero attached hydrogens (tertiary/aromatic N) is 3. The van der Waals surface area contributed by atoms with Crippen LogP contribution in [0.4, 0.5) is 0 Å². The summed E-state index contributed by atoms with van der Waals surface area (Å²) >= 11 is 3.28. The molecule has 0 radical (unpaired) electrons. The van der Waals surface area contributed by atoms with E-state index in [0.29, 0.717) is 0 Å². The van der Waals surface area contributed by atoms with Crippen molar-refractivity contribution < 1.29 is 0 Å². The Bertz CT molecular complexity index is 140. The highest BCUT2D eigenvalue weighted by atomic mass is 79.9. The summed E-state index contributed by atoms with van der Waals surface area (Å²) in [5.74, 6) is 0. The van der Waals surface area contributed by atoms with Gasteiger partial charge >= 0.3 is 0 Å². The first-order chi connectivity index (χ1) is 3.93. The van der Waals surface area contributed by atoms with E-state index in [1.807, 2.05) is 0 Å². The first-order valence-electron chi connectivity index (χ1n) is 2.32. The molecule has 1 aromatic rings. The lowest BCUT2D eigenvalue weighted by molar-refractivity contribution is 0.667. The van der Waals surface area contributed by atoms with Crippen LogP contribution in [0.3, 0.4) is 0 Å². The zero-order chi connectivity index (χ0) is 5.82. The molecule has 0 N–H and O–H groups in total. The van der Waals surface area contributed by atoms with E-state index in [1.165, 1.54) is 6.33 Å². The van der Waals surface area contributed by atoms with E-state index < -0.39 is 0 Å². The molecular formula is C4H7Br2N3. The van der Waals surface area contributed by atoms with Crippen molar-refractivity contribution in [3.05, 3.63) is 12.7 Å². The van der Waals surface area contributed by atoms with Crippen LogP contribution in [0, 0.1) is 0 Å². The van der Waals surface area contributed by atoms with Crippen LogP contribution in [-0.2, 0) is 6.54 Å². The molecule has 0 saturated heterocycles. The molecule has 0 unspecified atom stereocenters. The van der Waals surface area contributed by atoms with Gasteiger partial charge in [-0.3, -0.25) is 4.68 Å². The van der Waals surface area contributed by atoms with Crippen molar-refractivity contribution in [3.63, 3.8) is 0 Å². The van der Waals surface area contributed by atoms with Gasteiger partial charge in [0, 0.05) is 5.33 Å². The Morgan fingerprint density at radius 2 is 2.33 bits per heavy atom. The molecule has 0 saturated carbocycles. The summed E-state index contributed by atoms with van der Waals surface area (Å²) in [6.07, 6.45) is 3.23. The second-order valence-electron chi connectivity index (χ2n) is 1.35. The van der Waals surface area contributed by atoms with Crippen LogP contribution in [0.25, 0.3) is 0 Å². The zero-order valence-corrected chi connectivity index (χ0v) is 8.00. The number of alkyl halides is 1. The van der Waals surface area contributed by atoms with Gasteiger partial charge < -0.3 is 0 Å². The third-order valence-corrected chi connectivity index (χ3v) is 1.13. The second-order valence-corrected chi connectivity index (χ2v) is 2.14. The first-order valence-corrected chi connectivity index (χ1v) is 3.44. The zero-order valence-electron chi connectivity index (χ0n) is 4.70. The number of halogens is 2. The van der Waals surface area contributed by atoms with Crippen LogP contribution in [0.5, 0.6) is 0 Å². The van der Waals surface area contributed by atoms with Gasteiger partial charge in [-0.05, 0) is 0 Å². The van der Waals surface area contributed by atoms with Gasteiger partial charge in [-0.25, -0.2) is 4.98 Å². The van der Waals surface area contributed by atoms with Gasteiger partial charge in [0.25, 0.3) is 0 Å². The lowest BCUT2D eigenvalue weighted by Gasteiger charge is -1.90. The van der Waals surface area contributed by atoms with E-state index in [1.54, 1.807) is 11.0 Å². The van der Waals surface area contributed by atoms with Crippen molar-refractivity contribution in [2.75, 3.05) is 5.33 Å². The Balaban J connectivity index is 0.000000640. The molecule has 0 amide bonds. The highest BCUT2D eigenvalue weighted by Gasteiger charge is 1.84. The third kappa shape index (κ3) is 2.95. The first kappa shape index (κ1) is 9.10. The minimum atomic E-state index is 0. The molecule has 0 atom stereocenters. The van der Waals surface area contributed by atoms with Crippen molar-refractivity contribution in [3.8, 4) is 0 Å². The largest absolute Gasteiger partial charge is 0.252 e. The number of aromatic nitrogens is 3. The van der Waals surface area contributed by atoms with Crippen LogP contribution in [0.15, 0.2) is 12.7 Å². The summed E-state index contributed by atoms with van der Waals surface area (Å²) in [5, 5.41) is 4.81. The summed E-state index contributed by atoms with van der Waals surface area (Å²) in [5.41, 5.74) is 0. The van der Waals surface area contributed by atoms with Gasteiger partial charge in [-0.2, -0.15) is 5.10 Å². The lowest BCUT2D eigenvalue weighted by atomic mass is 10.8. The monoisotopic (exact) mass is 255 g/mol. The Labute approximate surface area is 72.4 Å². The quantitative estimate of drug-likeness (QED) is 0.746. The average Bonchev–Trinajstić information content (AvgIpc) is 2.19. The van der Waals surface area contributed by atoms with E-state index in [9.17, 15) is 0 Å². The summed E-state index contributed by atoms with van der Waals surface area (Å²) in [6, 6.07) is 0. The second kappa shape index (κ2) is 4.93. The number of rotatable bonds is 2. The summed E-state index contributed by atoms with van der Waals surface area (Å²) in [4.78, 5) is 3.77. The maximum absolute atomic E-state index is 3.88. The third-order valence-electron chi connectivity index (χ3n) is 0.780. The molecule has 3 nitrogen and oxygen atoms in total. The predicted octanol–water partition coefficient (Wildman–Crippen LogP) is 1.25. The van der Waals surface area contributed by atoms with E-state index in [0.717, 1.165) is 11.9 Å². The van der Waals surface area contributed by atoms with Crippen LogP contribution in [0.1, 0.15) is 0 Å². The van der Waals surface area contributed by atoms with E-state index in [2.05, 4.69) is 26.0 Å². The predicted molar refractivity (Wildman–Crippen MR) is 44.1 cm³/mol. The van der Waals surface area contributed by atoms with Crippen molar-refractivity contribution in [2.45, 2.75) is 6.54 Å². The summed E-state index contributed by atoms with van der Waals surface area (Å²) in [7, 11) is 0. The van der Waals surface area contributed by atoms with Gasteiger partial charge in [-0.15, -0.1) is 17.0 Å². The smallest absolute Gasteiger partial charge is 0.137 e. The van der Waals surface area contributed by atoms with Crippen LogP contribution >= 0.6 is 32.9 Å². The topological polar surface area (TPSA) is 30.7 Å². The van der Waals surface area contributed by atoms with Gasteiger partial charge in [0.05, 0.1) is 6.54 Å². The van der Waals surface area contributed by atoms with E-state index in [-0.39, 0.29) is 17.0 Å². The Hall–Kier alpha value is 0.100. The molecule has 0 fully saturated rings. The fourth-order valence-electron chi connectivity index (χ4n) is 0.435. The molecular weight excluding hydrogens is 250 g/mol. The van der Waals surface area contributed by atoms with Gasteiger partial charge in [0.2, 0.25) is 0 Å². The standard InChI is InChI=1S/C4H6BrN3.BrH/c5-1-2-8-4-6-3-7-8;/h3-4H,1-2H2;1H. The van der Waals surface area contributed by atoms with Gasteiger partial charge in [0.1, 0.15) is 12.7 Å². The molecule has 52 valence electrons. The molecule has 0 aliphatic carbocycles. The van der Waals surface area contributed by atoms with Gasteiger partial charge in [0.15, 0.2) is 0 Å². The maximum Gasteiger partial charge on any atom is 0.137 e. The minimum Gasteiger partial charge on any atom is -0.252 e. The number of hydrogen-bond donors (Lipinski definition) is 0. The maximum atomic E-state index is 3.88. The van der Waals surface area contributed by atoms with Crippen LogP contribution < -0.4 is 0 Å². The normalized spacial score (nSPS) is 8.56. The van der Waals surface area contributed by atoms with Crippen molar-refractivity contribution in [1.82, 2.24) is 14.8 Å². The van der Waals surface area contributed by atoms with Crippen molar-refractivity contribution in [1.29, 1.82) is 0 Å². The Morgan fingerprint density at radius 3 is 2.78 bits per heavy atom. The SMILES string of the molecule is Br.BrCCn1cncn1. The van der Waals surface area contributed by atoms with Crippen LogP contribution in [0.2, 0.25) is 0 Å². The molecule has 0 bridgehead atoms. The average molecular weight is 257 g/mol. The highest BCUT2D eigenvalue weighted by Crippen LogP contribution is 1.84. The van der Waals surface area contributed by atoms with Crippen LogP contribution in [-0.4, -0.2) is 20.1 Å².